The van der Waals surface area contributed by atoms with E-state index >= 15 is 0 Å². The van der Waals surface area contributed by atoms with Gasteiger partial charge in [0.15, 0.2) is 5.16 Å². The van der Waals surface area contributed by atoms with Crippen molar-refractivity contribution in [3.8, 4) is 11.8 Å². The summed E-state index contributed by atoms with van der Waals surface area (Å²) in [6, 6.07) is 11.3. The SMILES string of the molecule is CCOc1ccc2nc(SCC(=O)N(CCC#N)Cc3ccco3)[nH]c2c1. The minimum absolute atomic E-state index is 0.0675. The molecule has 8 heteroatoms. The first-order valence-corrected chi connectivity index (χ1v) is 9.60. The fourth-order valence-electron chi connectivity index (χ4n) is 2.58. The van der Waals surface area contributed by atoms with Crippen LogP contribution in [-0.2, 0) is 11.3 Å². The van der Waals surface area contributed by atoms with Gasteiger partial charge in [0.25, 0.3) is 0 Å². The van der Waals surface area contributed by atoms with Crippen molar-refractivity contribution in [1.82, 2.24) is 14.9 Å². The Kier molecular flexibility index (Phi) is 6.39. The second-order valence-corrected chi connectivity index (χ2v) is 6.71. The van der Waals surface area contributed by atoms with Gasteiger partial charge in [0.05, 0.1) is 48.7 Å². The van der Waals surface area contributed by atoms with Gasteiger partial charge in [-0.3, -0.25) is 4.79 Å². The number of furan rings is 1. The Morgan fingerprint density at radius 3 is 3.07 bits per heavy atom. The molecule has 1 amide bonds. The number of ether oxygens (including phenoxy) is 1. The molecule has 0 bridgehead atoms. The summed E-state index contributed by atoms with van der Waals surface area (Å²) in [6.07, 6.45) is 1.85. The topological polar surface area (TPSA) is 95.2 Å². The molecule has 140 valence electrons. The lowest BCUT2D eigenvalue weighted by molar-refractivity contribution is -0.129. The average Bonchev–Trinajstić information content (AvgIpc) is 3.32. The molecular formula is C19H20N4O3S. The Bertz CT molecular complexity index is 930. The maximum atomic E-state index is 12.6. The van der Waals surface area contributed by atoms with E-state index in [1.54, 1.807) is 17.2 Å². The highest BCUT2D eigenvalue weighted by Crippen LogP contribution is 2.23. The molecule has 2 aromatic heterocycles. The number of nitrogens with zero attached hydrogens (tertiary/aromatic N) is 3. The third kappa shape index (κ3) is 5.05. The quantitative estimate of drug-likeness (QED) is 0.567. The molecule has 0 radical (unpaired) electrons. The first-order valence-electron chi connectivity index (χ1n) is 8.62. The summed E-state index contributed by atoms with van der Waals surface area (Å²) in [5, 5.41) is 9.50. The van der Waals surface area contributed by atoms with Crippen molar-refractivity contribution < 1.29 is 13.9 Å². The predicted molar refractivity (Wildman–Crippen MR) is 102 cm³/mol. The first kappa shape index (κ1) is 18.9. The molecule has 0 aliphatic rings. The van der Waals surface area contributed by atoms with E-state index in [9.17, 15) is 4.79 Å². The number of H-pyrrole nitrogens is 1. The van der Waals surface area contributed by atoms with Gasteiger partial charge in [0, 0.05) is 12.6 Å². The second kappa shape index (κ2) is 9.14. The zero-order valence-electron chi connectivity index (χ0n) is 15.0. The normalized spacial score (nSPS) is 10.7. The summed E-state index contributed by atoms with van der Waals surface area (Å²) in [4.78, 5) is 21.9. The molecule has 0 unspecified atom stereocenters. The highest BCUT2D eigenvalue weighted by atomic mass is 32.2. The zero-order chi connectivity index (χ0) is 19.1. The first-order chi connectivity index (χ1) is 13.2. The van der Waals surface area contributed by atoms with Crippen LogP contribution in [0, 0.1) is 11.3 Å². The van der Waals surface area contributed by atoms with Gasteiger partial charge in [0.1, 0.15) is 11.5 Å². The van der Waals surface area contributed by atoms with E-state index in [4.69, 9.17) is 14.4 Å². The number of nitriles is 1. The van der Waals surface area contributed by atoms with Crippen molar-refractivity contribution in [3.63, 3.8) is 0 Å². The van der Waals surface area contributed by atoms with Crippen LogP contribution < -0.4 is 4.74 Å². The van der Waals surface area contributed by atoms with Gasteiger partial charge in [-0.05, 0) is 31.2 Å². The molecule has 1 N–H and O–H groups in total. The van der Waals surface area contributed by atoms with Crippen molar-refractivity contribution >= 4 is 28.7 Å². The van der Waals surface area contributed by atoms with Crippen LogP contribution in [0.15, 0.2) is 46.2 Å². The minimum atomic E-state index is -0.0675. The Labute approximate surface area is 161 Å². The fraction of sp³-hybridized carbons (Fsp3) is 0.316. The number of benzene rings is 1. The Balaban J connectivity index is 1.63. The minimum Gasteiger partial charge on any atom is -0.494 e. The maximum Gasteiger partial charge on any atom is 0.233 e. The lowest BCUT2D eigenvalue weighted by Gasteiger charge is -2.20. The summed E-state index contributed by atoms with van der Waals surface area (Å²) in [7, 11) is 0. The molecule has 0 saturated carbocycles. The number of thioether (sulfide) groups is 1. The van der Waals surface area contributed by atoms with Gasteiger partial charge in [-0.2, -0.15) is 5.26 Å². The van der Waals surface area contributed by atoms with E-state index in [1.165, 1.54) is 11.8 Å². The summed E-state index contributed by atoms with van der Waals surface area (Å²) in [5.41, 5.74) is 1.69. The van der Waals surface area contributed by atoms with Crippen LogP contribution in [0.3, 0.4) is 0 Å². The van der Waals surface area contributed by atoms with Crippen LogP contribution in [0.4, 0.5) is 0 Å². The lowest BCUT2D eigenvalue weighted by Crippen LogP contribution is -2.32. The number of rotatable bonds is 9. The molecular weight excluding hydrogens is 364 g/mol. The fourth-order valence-corrected chi connectivity index (χ4v) is 3.37. The van der Waals surface area contributed by atoms with Crippen LogP contribution in [0.5, 0.6) is 5.75 Å². The molecule has 3 aromatic rings. The third-order valence-corrected chi connectivity index (χ3v) is 4.71. The van der Waals surface area contributed by atoms with Crippen LogP contribution >= 0.6 is 11.8 Å². The molecule has 2 heterocycles. The van der Waals surface area contributed by atoms with Gasteiger partial charge in [-0.1, -0.05) is 11.8 Å². The molecule has 27 heavy (non-hydrogen) atoms. The van der Waals surface area contributed by atoms with E-state index < -0.39 is 0 Å². The number of carbonyl (C=O) groups excluding carboxylic acids is 1. The van der Waals surface area contributed by atoms with E-state index in [1.807, 2.05) is 31.2 Å². The number of aromatic amines is 1. The Hall–Kier alpha value is -2.92. The van der Waals surface area contributed by atoms with Crippen molar-refractivity contribution in [3.05, 3.63) is 42.4 Å². The van der Waals surface area contributed by atoms with E-state index in [2.05, 4.69) is 16.0 Å². The number of aromatic nitrogens is 2. The summed E-state index contributed by atoms with van der Waals surface area (Å²) in [5.74, 6) is 1.63. The maximum absolute atomic E-state index is 12.6. The summed E-state index contributed by atoms with van der Waals surface area (Å²) < 4.78 is 10.8. The van der Waals surface area contributed by atoms with Crippen molar-refractivity contribution in [2.24, 2.45) is 0 Å². The average molecular weight is 384 g/mol. The Morgan fingerprint density at radius 2 is 2.33 bits per heavy atom. The number of imidazole rings is 1. The molecule has 7 nitrogen and oxygen atoms in total. The second-order valence-electron chi connectivity index (χ2n) is 5.75. The Morgan fingerprint density at radius 1 is 1.44 bits per heavy atom. The monoisotopic (exact) mass is 384 g/mol. The van der Waals surface area contributed by atoms with Gasteiger partial charge >= 0.3 is 0 Å². The molecule has 1 aromatic carbocycles. The standard InChI is InChI=1S/C19H20N4O3S/c1-2-25-14-6-7-16-17(11-14)22-19(21-16)27-13-18(24)23(9-4-8-20)12-15-5-3-10-26-15/h3,5-7,10-11H,2,4,9,12-13H2,1H3,(H,21,22). The molecule has 0 fully saturated rings. The van der Waals surface area contributed by atoms with E-state index in [0.29, 0.717) is 30.6 Å². The number of carbonyl (C=O) groups is 1. The van der Waals surface area contributed by atoms with Gasteiger partial charge < -0.3 is 19.0 Å². The lowest BCUT2D eigenvalue weighted by atomic mass is 10.3. The molecule has 0 aliphatic carbocycles. The van der Waals surface area contributed by atoms with Crippen LogP contribution in [-0.4, -0.2) is 39.7 Å². The van der Waals surface area contributed by atoms with Gasteiger partial charge in [0.2, 0.25) is 5.91 Å². The molecule has 0 aliphatic heterocycles. The highest BCUT2D eigenvalue weighted by Gasteiger charge is 2.16. The van der Waals surface area contributed by atoms with E-state index in [-0.39, 0.29) is 18.1 Å². The number of amides is 1. The molecule has 0 atom stereocenters. The third-order valence-electron chi connectivity index (χ3n) is 3.85. The number of hydrogen-bond acceptors (Lipinski definition) is 6. The predicted octanol–water partition coefficient (Wildman–Crippen LogP) is 3.59. The van der Waals surface area contributed by atoms with Crippen molar-refractivity contribution in [2.75, 3.05) is 18.9 Å². The molecule has 3 rings (SSSR count). The van der Waals surface area contributed by atoms with E-state index in [0.717, 1.165) is 16.8 Å². The smallest absolute Gasteiger partial charge is 0.233 e. The van der Waals surface area contributed by atoms with Crippen LogP contribution in [0.25, 0.3) is 11.0 Å². The van der Waals surface area contributed by atoms with Gasteiger partial charge in [-0.25, -0.2) is 4.98 Å². The number of hydrogen-bond donors (Lipinski definition) is 1. The van der Waals surface area contributed by atoms with Crippen molar-refractivity contribution in [2.45, 2.75) is 25.0 Å². The highest BCUT2D eigenvalue weighted by molar-refractivity contribution is 7.99. The largest absolute Gasteiger partial charge is 0.494 e. The number of nitrogens with one attached hydrogen (secondary N) is 1. The zero-order valence-corrected chi connectivity index (χ0v) is 15.8. The van der Waals surface area contributed by atoms with Crippen molar-refractivity contribution in [1.29, 1.82) is 5.26 Å². The van der Waals surface area contributed by atoms with Gasteiger partial charge in [-0.15, -0.1) is 0 Å². The van der Waals surface area contributed by atoms with Crippen LogP contribution in [0.1, 0.15) is 19.1 Å². The number of fused-ring (bicyclic) bond motifs is 1. The molecule has 0 spiro atoms. The summed E-state index contributed by atoms with van der Waals surface area (Å²) >= 11 is 1.34. The van der Waals surface area contributed by atoms with Crippen LogP contribution in [0.2, 0.25) is 0 Å². The molecule has 0 saturated heterocycles. The summed E-state index contributed by atoms with van der Waals surface area (Å²) in [6.45, 7) is 3.26.